The lowest BCUT2D eigenvalue weighted by atomic mass is 9.43. The smallest absolute Gasteiger partial charge is 0.139 e. The lowest BCUT2D eigenvalue weighted by Gasteiger charge is -2.60. The van der Waals surface area contributed by atoms with Gasteiger partial charge in [-0.15, -0.1) is 0 Å². The van der Waals surface area contributed by atoms with E-state index in [1.54, 1.807) is 0 Å². The number of carbonyl (C=O) groups excluding carboxylic acids is 1. The molecule has 0 aliphatic heterocycles. The Balaban J connectivity index is 1.62. The highest BCUT2D eigenvalue weighted by Gasteiger charge is 2.63. The van der Waals surface area contributed by atoms with Gasteiger partial charge in [-0.05, 0) is 85.4 Å². The summed E-state index contributed by atoms with van der Waals surface area (Å²) < 4.78 is 0. The molecule has 4 aliphatic carbocycles. The molecule has 0 spiro atoms. The molecule has 26 heavy (non-hydrogen) atoms. The van der Waals surface area contributed by atoms with E-state index in [1.807, 2.05) is 0 Å². The van der Waals surface area contributed by atoms with Crippen molar-refractivity contribution < 1.29 is 4.79 Å². The molecule has 1 heteroatoms. The minimum Gasteiger partial charge on any atom is -0.299 e. The highest BCUT2D eigenvalue weighted by atomic mass is 16.1. The molecule has 0 N–H and O–H groups in total. The van der Waals surface area contributed by atoms with Crippen molar-refractivity contribution in [3.8, 4) is 0 Å². The summed E-state index contributed by atoms with van der Waals surface area (Å²) in [5.74, 6) is 6.05. The van der Waals surface area contributed by atoms with Gasteiger partial charge in [-0.3, -0.25) is 4.79 Å². The SMILES string of the molecule is CCC[C@@H](C)C1CC[C@H]2C3CC[C@@H]4C[C@H](C)CC[C@]4(C)[C@H]3CC(=O)[C@]12C. The summed E-state index contributed by atoms with van der Waals surface area (Å²) in [6, 6.07) is 0. The van der Waals surface area contributed by atoms with Crippen molar-refractivity contribution in [3.63, 3.8) is 0 Å². The Morgan fingerprint density at radius 2 is 1.85 bits per heavy atom. The van der Waals surface area contributed by atoms with Crippen molar-refractivity contribution in [1.82, 2.24) is 0 Å². The average Bonchev–Trinajstić information content (AvgIpc) is 2.96. The molecule has 1 nitrogen and oxygen atoms in total. The Morgan fingerprint density at radius 3 is 2.58 bits per heavy atom. The van der Waals surface area contributed by atoms with Crippen molar-refractivity contribution in [2.45, 2.75) is 98.8 Å². The molecule has 148 valence electrons. The van der Waals surface area contributed by atoms with Crippen LogP contribution in [0.1, 0.15) is 98.8 Å². The van der Waals surface area contributed by atoms with E-state index in [9.17, 15) is 4.79 Å². The van der Waals surface area contributed by atoms with Crippen molar-refractivity contribution in [2.24, 2.45) is 52.3 Å². The lowest BCUT2D eigenvalue weighted by molar-refractivity contribution is -0.158. The highest BCUT2D eigenvalue weighted by Crippen LogP contribution is 2.67. The molecular formula is C25H42O. The van der Waals surface area contributed by atoms with Crippen LogP contribution in [0.3, 0.4) is 0 Å². The highest BCUT2D eigenvalue weighted by molar-refractivity contribution is 5.87. The van der Waals surface area contributed by atoms with E-state index in [4.69, 9.17) is 0 Å². The molecule has 0 saturated heterocycles. The number of Topliss-reactive ketones (excluding diaryl/α,β-unsaturated/α-hetero) is 1. The summed E-state index contributed by atoms with van der Waals surface area (Å²) in [6.45, 7) is 12.2. The Labute approximate surface area is 162 Å². The fourth-order valence-corrected chi connectivity index (χ4v) is 8.78. The van der Waals surface area contributed by atoms with Crippen LogP contribution in [-0.4, -0.2) is 5.78 Å². The van der Waals surface area contributed by atoms with Gasteiger partial charge in [0.1, 0.15) is 5.78 Å². The topological polar surface area (TPSA) is 17.1 Å². The second-order valence-corrected chi connectivity index (χ2v) is 11.4. The molecule has 0 amide bonds. The molecule has 0 bridgehead atoms. The monoisotopic (exact) mass is 358 g/mol. The maximum absolute atomic E-state index is 13.7. The largest absolute Gasteiger partial charge is 0.299 e. The van der Waals surface area contributed by atoms with Crippen LogP contribution in [0.25, 0.3) is 0 Å². The van der Waals surface area contributed by atoms with Gasteiger partial charge in [0, 0.05) is 11.8 Å². The fourth-order valence-electron chi connectivity index (χ4n) is 8.78. The summed E-state index contributed by atoms with van der Waals surface area (Å²) in [5.41, 5.74) is 0.459. The molecular weight excluding hydrogens is 316 g/mol. The number of rotatable bonds is 3. The average molecular weight is 359 g/mol. The predicted octanol–water partition coefficient (Wildman–Crippen LogP) is 6.90. The summed E-state index contributed by atoms with van der Waals surface area (Å²) in [7, 11) is 0. The Bertz CT molecular complexity index is 552. The van der Waals surface area contributed by atoms with Crippen molar-refractivity contribution in [2.75, 3.05) is 0 Å². The van der Waals surface area contributed by atoms with Gasteiger partial charge < -0.3 is 0 Å². The molecule has 9 atom stereocenters. The van der Waals surface area contributed by atoms with Gasteiger partial charge in [0.2, 0.25) is 0 Å². The van der Waals surface area contributed by atoms with E-state index < -0.39 is 0 Å². The molecule has 4 rings (SSSR count). The van der Waals surface area contributed by atoms with Crippen LogP contribution in [-0.2, 0) is 4.79 Å². The zero-order valence-corrected chi connectivity index (χ0v) is 18.0. The van der Waals surface area contributed by atoms with Gasteiger partial charge in [-0.25, -0.2) is 0 Å². The quantitative estimate of drug-likeness (QED) is 0.536. The molecule has 4 fully saturated rings. The van der Waals surface area contributed by atoms with Gasteiger partial charge in [0.15, 0.2) is 0 Å². The first-order chi connectivity index (χ1) is 12.3. The van der Waals surface area contributed by atoms with Crippen LogP contribution < -0.4 is 0 Å². The molecule has 4 saturated carbocycles. The van der Waals surface area contributed by atoms with Gasteiger partial charge in [0.25, 0.3) is 0 Å². The second kappa shape index (κ2) is 6.63. The summed E-state index contributed by atoms with van der Waals surface area (Å²) in [5, 5.41) is 0. The Kier molecular flexibility index (Phi) is 4.84. The normalized spacial score (nSPS) is 52.1. The van der Waals surface area contributed by atoms with Crippen molar-refractivity contribution in [1.29, 1.82) is 0 Å². The van der Waals surface area contributed by atoms with E-state index >= 15 is 0 Å². The molecule has 2 unspecified atom stereocenters. The molecule has 4 aliphatic rings. The minimum absolute atomic E-state index is 0.000901. The molecule has 0 aromatic carbocycles. The third-order valence-electron chi connectivity index (χ3n) is 10.3. The minimum atomic E-state index is 0.000901. The number of hydrogen-bond donors (Lipinski definition) is 0. The Morgan fingerprint density at radius 1 is 1.08 bits per heavy atom. The van der Waals surface area contributed by atoms with Crippen LogP contribution in [0, 0.1) is 52.3 Å². The standard InChI is InChI=1S/C25H42O/c1-6-7-17(3)20-10-11-21-19-9-8-18-14-16(2)12-13-24(18,4)22(19)15-23(26)25(20,21)5/h16-22H,6-15H2,1-5H3/t16-,17-,18-,19?,20?,21+,22+,24+,25-/m1/s1. The maximum atomic E-state index is 13.7. The molecule has 0 heterocycles. The molecule has 0 aromatic rings. The molecule has 0 aromatic heterocycles. The predicted molar refractivity (Wildman–Crippen MR) is 109 cm³/mol. The summed E-state index contributed by atoms with van der Waals surface area (Å²) in [4.78, 5) is 13.7. The third kappa shape index (κ3) is 2.58. The van der Waals surface area contributed by atoms with E-state index in [1.165, 1.54) is 57.8 Å². The van der Waals surface area contributed by atoms with Gasteiger partial charge in [-0.2, -0.15) is 0 Å². The van der Waals surface area contributed by atoms with E-state index in [2.05, 4.69) is 34.6 Å². The summed E-state index contributed by atoms with van der Waals surface area (Å²) in [6.07, 6.45) is 13.2. The van der Waals surface area contributed by atoms with E-state index in [0.717, 1.165) is 30.1 Å². The van der Waals surface area contributed by atoms with Crippen molar-refractivity contribution >= 4 is 5.78 Å². The first-order valence-electron chi connectivity index (χ1n) is 11.9. The first kappa shape index (κ1) is 19.0. The lowest BCUT2D eigenvalue weighted by Crippen LogP contribution is -2.57. The number of carbonyl (C=O) groups is 1. The number of fused-ring (bicyclic) bond motifs is 5. The van der Waals surface area contributed by atoms with Gasteiger partial charge >= 0.3 is 0 Å². The van der Waals surface area contributed by atoms with Crippen LogP contribution in [0.2, 0.25) is 0 Å². The first-order valence-corrected chi connectivity index (χ1v) is 11.9. The molecule has 0 radical (unpaired) electrons. The van der Waals surface area contributed by atoms with Crippen LogP contribution in [0.15, 0.2) is 0 Å². The van der Waals surface area contributed by atoms with E-state index in [0.29, 0.717) is 29.0 Å². The second-order valence-electron chi connectivity index (χ2n) is 11.4. The van der Waals surface area contributed by atoms with E-state index in [-0.39, 0.29) is 5.41 Å². The van der Waals surface area contributed by atoms with Gasteiger partial charge in [0.05, 0.1) is 0 Å². The third-order valence-corrected chi connectivity index (χ3v) is 10.3. The number of ketones is 1. The zero-order chi connectivity index (χ0) is 18.7. The Hall–Kier alpha value is -0.330. The van der Waals surface area contributed by atoms with Crippen LogP contribution in [0.5, 0.6) is 0 Å². The maximum Gasteiger partial charge on any atom is 0.139 e. The fraction of sp³-hybridized carbons (Fsp3) is 0.960. The van der Waals surface area contributed by atoms with Crippen LogP contribution in [0.4, 0.5) is 0 Å². The van der Waals surface area contributed by atoms with Crippen LogP contribution >= 0.6 is 0 Å². The summed E-state index contributed by atoms with van der Waals surface area (Å²) >= 11 is 0. The zero-order valence-electron chi connectivity index (χ0n) is 18.0. The number of hydrogen-bond acceptors (Lipinski definition) is 1. The van der Waals surface area contributed by atoms with Crippen molar-refractivity contribution in [3.05, 3.63) is 0 Å². The van der Waals surface area contributed by atoms with Gasteiger partial charge in [-0.1, -0.05) is 53.9 Å².